The van der Waals surface area contributed by atoms with Gasteiger partial charge in [-0.1, -0.05) is 6.07 Å². The van der Waals surface area contributed by atoms with Crippen LogP contribution >= 0.6 is 11.3 Å². The topological polar surface area (TPSA) is 84.0 Å². The molecule has 6 nitrogen and oxygen atoms in total. The van der Waals surface area contributed by atoms with Crippen molar-refractivity contribution in [1.82, 2.24) is 9.55 Å². The molecule has 0 unspecified atom stereocenters. The lowest BCUT2D eigenvalue weighted by Gasteiger charge is -2.28. The molecule has 1 aromatic carbocycles. The van der Waals surface area contributed by atoms with Crippen LogP contribution in [-0.2, 0) is 24.2 Å². The summed E-state index contributed by atoms with van der Waals surface area (Å²) >= 11 is 1.35. The summed E-state index contributed by atoms with van der Waals surface area (Å²) in [6.45, 7) is 0.418. The van der Waals surface area contributed by atoms with Crippen LogP contribution in [0.5, 0.6) is 0 Å². The zero-order valence-electron chi connectivity index (χ0n) is 16.8. The number of aryl methyl sites for hydroxylation is 2. The number of anilines is 1. The summed E-state index contributed by atoms with van der Waals surface area (Å²) in [5, 5.41) is 4.91. The lowest BCUT2D eigenvalue weighted by molar-refractivity contribution is -0.121. The number of hydrogen-bond donors (Lipinski definition) is 2. The highest BCUT2D eigenvalue weighted by Crippen LogP contribution is 2.31. The molecule has 3 aromatic rings. The molecular weight excluding hydrogens is 398 g/mol. The van der Waals surface area contributed by atoms with Crippen molar-refractivity contribution in [3.63, 3.8) is 0 Å². The number of fused-ring (bicyclic) bond motifs is 2. The second kappa shape index (κ2) is 7.87. The average Bonchev–Trinajstić information content (AvgIpc) is 3.40. The van der Waals surface area contributed by atoms with Crippen LogP contribution in [0, 0.1) is 11.8 Å². The first kappa shape index (κ1) is 19.3. The number of H-pyrrole nitrogens is 1. The van der Waals surface area contributed by atoms with Gasteiger partial charge in [-0.15, -0.1) is 11.3 Å². The van der Waals surface area contributed by atoms with Crippen LogP contribution in [0.4, 0.5) is 5.69 Å². The number of amides is 1. The Bertz CT molecular complexity index is 1210. The van der Waals surface area contributed by atoms with Gasteiger partial charge in [0, 0.05) is 18.2 Å². The summed E-state index contributed by atoms with van der Waals surface area (Å²) in [4.78, 5) is 40.5. The Morgan fingerprint density at radius 1 is 1.10 bits per heavy atom. The van der Waals surface area contributed by atoms with E-state index in [1.807, 2.05) is 11.4 Å². The molecule has 2 heterocycles. The number of rotatable bonds is 4. The fourth-order valence-electron chi connectivity index (χ4n) is 4.90. The lowest BCUT2D eigenvalue weighted by atomic mass is 9.81. The Kier molecular flexibility index (Phi) is 5.06. The Hall–Kier alpha value is -2.67. The third-order valence-corrected chi connectivity index (χ3v) is 7.52. The molecule has 5 rings (SSSR count). The SMILES string of the molecule is O=C(Nc1ccc2c(c1)CCC2)C1CCC(Cn2c(=O)[nH]c3ccsc3c2=O)CC1. The fourth-order valence-corrected chi connectivity index (χ4v) is 5.69. The summed E-state index contributed by atoms with van der Waals surface area (Å²) < 4.78 is 1.92. The first-order valence-electron chi connectivity index (χ1n) is 10.7. The summed E-state index contributed by atoms with van der Waals surface area (Å²) in [7, 11) is 0. The highest BCUT2D eigenvalue weighted by molar-refractivity contribution is 7.17. The Morgan fingerprint density at radius 3 is 2.73 bits per heavy atom. The molecule has 0 atom stereocenters. The van der Waals surface area contributed by atoms with Gasteiger partial charge in [0.25, 0.3) is 5.56 Å². The van der Waals surface area contributed by atoms with Gasteiger partial charge >= 0.3 is 5.69 Å². The number of hydrogen-bond acceptors (Lipinski definition) is 4. The minimum absolute atomic E-state index is 0.00992. The number of benzene rings is 1. The van der Waals surface area contributed by atoms with Crippen LogP contribution in [0.25, 0.3) is 10.2 Å². The predicted molar refractivity (Wildman–Crippen MR) is 119 cm³/mol. The van der Waals surface area contributed by atoms with Crippen molar-refractivity contribution in [2.24, 2.45) is 11.8 Å². The first-order valence-corrected chi connectivity index (χ1v) is 11.6. The van der Waals surface area contributed by atoms with Gasteiger partial charge in [0.2, 0.25) is 5.91 Å². The third kappa shape index (κ3) is 3.62. The Balaban J connectivity index is 1.21. The molecule has 156 valence electrons. The van der Waals surface area contributed by atoms with Crippen LogP contribution in [-0.4, -0.2) is 15.5 Å². The van der Waals surface area contributed by atoms with Gasteiger partial charge in [-0.3, -0.25) is 14.2 Å². The highest BCUT2D eigenvalue weighted by atomic mass is 32.1. The molecule has 0 bridgehead atoms. The van der Waals surface area contributed by atoms with Crippen molar-refractivity contribution in [3.8, 4) is 0 Å². The van der Waals surface area contributed by atoms with E-state index in [4.69, 9.17) is 0 Å². The number of aromatic nitrogens is 2. The van der Waals surface area contributed by atoms with E-state index in [0.717, 1.165) is 44.2 Å². The molecule has 1 fully saturated rings. The summed E-state index contributed by atoms with van der Waals surface area (Å²) in [5.41, 5.74) is 3.71. The number of nitrogens with zero attached hydrogens (tertiary/aromatic N) is 1. The normalized spacial score (nSPS) is 20.9. The van der Waals surface area contributed by atoms with Gasteiger partial charge in [0.1, 0.15) is 4.70 Å². The summed E-state index contributed by atoms with van der Waals surface area (Å²) in [6, 6.07) is 8.02. The minimum Gasteiger partial charge on any atom is -0.326 e. The lowest BCUT2D eigenvalue weighted by Crippen LogP contribution is -2.38. The molecular formula is C23H25N3O3S. The van der Waals surface area contributed by atoms with E-state index in [0.29, 0.717) is 16.8 Å². The van der Waals surface area contributed by atoms with E-state index in [2.05, 4.69) is 22.4 Å². The zero-order chi connectivity index (χ0) is 20.7. The second-order valence-electron chi connectivity index (χ2n) is 8.55. The molecule has 0 spiro atoms. The van der Waals surface area contributed by atoms with Gasteiger partial charge in [-0.2, -0.15) is 0 Å². The van der Waals surface area contributed by atoms with Crippen LogP contribution in [0.1, 0.15) is 43.2 Å². The van der Waals surface area contributed by atoms with E-state index in [1.54, 1.807) is 6.07 Å². The minimum atomic E-state index is -0.345. The maximum absolute atomic E-state index is 12.7. The van der Waals surface area contributed by atoms with E-state index in [-0.39, 0.29) is 29.0 Å². The van der Waals surface area contributed by atoms with Gasteiger partial charge in [-0.25, -0.2) is 4.79 Å². The van der Waals surface area contributed by atoms with Crippen molar-refractivity contribution in [3.05, 3.63) is 61.6 Å². The third-order valence-electron chi connectivity index (χ3n) is 6.62. The quantitative estimate of drug-likeness (QED) is 0.671. The number of nitrogens with one attached hydrogen (secondary N) is 2. The predicted octanol–water partition coefficient (Wildman–Crippen LogP) is 3.69. The van der Waals surface area contributed by atoms with Crippen LogP contribution in [0.2, 0.25) is 0 Å². The second-order valence-corrected chi connectivity index (χ2v) is 9.47. The largest absolute Gasteiger partial charge is 0.328 e. The molecule has 2 aliphatic rings. The maximum Gasteiger partial charge on any atom is 0.328 e. The van der Waals surface area contributed by atoms with E-state index in [9.17, 15) is 14.4 Å². The van der Waals surface area contributed by atoms with Gasteiger partial charge in [0.05, 0.1) is 5.52 Å². The standard InChI is InChI=1S/C23H25N3O3S/c27-21(24-18-9-8-15-2-1-3-17(15)12-18)16-6-4-14(5-7-16)13-26-22(28)20-19(10-11-30-20)25-23(26)29/h8-12,14,16H,1-7,13H2,(H,24,27)(H,25,29). The van der Waals surface area contributed by atoms with E-state index in [1.165, 1.54) is 33.5 Å². The van der Waals surface area contributed by atoms with Gasteiger partial charge < -0.3 is 10.3 Å². The molecule has 7 heteroatoms. The molecule has 0 aliphatic heterocycles. The van der Waals surface area contributed by atoms with E-state index >= 15 is 0 Å². The van der Waals surface area contributed by atoms with Crippen LogP contribution < -0.4 is 16.6 Å². The average molecular weight is 424 g/mol. The Labute approximate surface area is 177 Å². The monoisotopic (exact) mass is 423 g/mol. The van der Waals surface area contributed by atoms with Crippen molar-refractivity contribution < 1.29 is 4.79 Å². The Morgan fingerprint density at radius 2 is 1.90 bits per heavy atom. The van der Waals surface area contributed by atoms with Crippen LogP contribution in [0.3, 0.4) is 0 Å². The fraction of sp³-hybridized carbons (Fsp3) is 0.435. The number of carbonyl (C=O) groups excluding carboxylic acids is 1. The number of carbonyl (C=O) groups is 1. The first-order chi connectivity index (χ1) is 14.6. The number of aromatic amines is 1. The molecule has 0 radical (unpaired) electrons. The molecule has 2 N–H and O–H groups in total. The van der Waals surface area contributed by atoms with Gasteiger partial charge in [0.15, 0.2) is 0 Å². The number of thiophene rings is 1. The molecule has 0 saturated heterocycles. The molecule has 1 amide bonds. The zero-order valence-corrected chi connectivity index (χ0v) is 17.6. The smallest absolute Gasteiger partial charge is 0.326 e. The van der Waals surface area contributed by atoms with Gasteiger partial charge in [-0.05, 0) is 85.6 Å². The summed E-state index contributed by atoms with van der Waals surface area (Å²) in [5.74, 6) is 0.316. The van der Waals surface area contributed by atoms with Crippen molar-refractivity contribution in [1.29, 1.82) is 0 Å². The molecule has 2 aromatic heterocycles. The maximum atomic E-state index is 12.7. The van der Waals surface area contributed by atoms with E-state index < -0.39 is 0 Å². The van der Waals surface area contributed by atoms with Crippen LogP contribution in [0.15, 0.2) is 39.2 Å². The highest BCUT2D eigenvalue weighted by Gasteiger charge is 2.27. The van der Waals surface area contributed by atoms with Crippen molar-refractivity contribution in [2.45, 2.75) is 51.5 Å². The van der Waals surface area contributed by atoms with Crippen molar-refractivity contribution >= 4 is 33.1 Å². The molecule has 1 saturated carbocycles. The summed E-state index contributed by atoms with van der Waals surface area (Å²) in [6.07, 6.45) is 6.69. The molecule has 2 aliphatic carbocycles. The van der Waals surface area contributed by atoms with Crippen molar-refractivity contribution in [2.75, 3.05) is 5.32 Å². The molecule has 30 heavy (non-hydrogen) atoms.